The number of rotatable bonds is 4. The van der Waals surface area contributed by atoms with Crippen molar-refractivity contribution in [3.63, 3.8) is 0 Å². The topological polar surface area (TPSA) is 52.6 Å². The fraction of sp³-hybridized carbons (Fsp3) is 0.929. The monoisotopic (exact) mass is 256 g/mol. The Labute approximate surface area is 111 Å². The number of aliphatic hydroxyl groups is 1. The van der Waals surface area contributed by atoms with Gasteiger partial charge in [0.1, 0.15) is 0 Å². The summed E-state index contributed by atoms with van der Waals surface area (Å²) in [6.07, 6.45) is 2.54. The predicted octanol–water partition coefficient (Wildman–Crippen LogP) is 1.38. The highest BCUT2D eigenvalue weighted by Gasteiger charge is 2.25. The Hall–Kier alpha value is -0.610. The molecule has 1 saturated heterocycles. The van der Waals surface area contributed by atoms with Gasteiger partial charge in [-0.1, -0.05) is 13.8 Å². The Morgan fingerprint density at radius 1 is 1.33 bits per heavy atom. The van der Waals surface area contributed by atoms with Gasteiger partial charge in [0.25, 0.3) is 0 Å². The molecule has 0 spiro atoms. The van der Waals surface area contributed by atoms with Crippen LogP contribution in [-0.2, 0) is 4.79 Å². The minimum absolute atomic E-state index is 0.0951. The molecule has 0 saturated carbocycles. The van der Waals surface area contributed by atoms with Crippen molar-refractivity contribution >= 4 is 5.91 Å². The van der Waals surface area contributed by atoms with Gasteiger partial charge >= 0.3 is 0 Å². The highest BCUT2D eigenvalue weighted by molar-refractivity contribution is 5.78. The standard InChI is InChI=1S/C14H28N2O2/c1-11(2)12(3)15-13(17)10-16-8-5-6-14(4,18)7-9-16/h11-12,18H,5-10H2,1-4H3,(H,15,17). The summed E-state index contributed by atoms with van der Waals surface area (Å²) < 4.78 is 0. The molecule has 1 heterocycles. The number of nitrogens with one attached hydrogen (secondary N) is 1. The molecule has 18 heavy (non-hydrogen) atoms. The average molecular weight is 256 g/mol. The average Bonchev–Trinajstić information content (AvgIpc) is 2.40. The van der Waals surface area contributed by atoms with E-state index in [2.05, 4.69) is 24.1 Å². The lowest BCUT2D eigenvalue weighted by Crippen LogP contribution is -2.43. The predicted molar refractivity (Wildman–Crippen MR) is 73.4 cm³/mol. The van der Waals surface area contributed by atoms with Gasteiger partial charge in [0, 0.05) is 12.6 Å². The summed E-state index contributed by atoms with van der Waals surface area (Å²) in [4.78, 5) is 14.0. The maximum Gasteiger partial charge on any atom is 0.234 e. The normalized spacial score (nSPS) is 27.9. The van der Waals surface area contributed by atoms with Crippen LogP contribution in [0.15, 0.2) is 0 Å². The first-order chi connectivity index (χ1) is 8.30. The van der Waals surface area contributed by atoms with Crippen LogP contribution in [0.3, 0.4) is 0 Å². The van der Waals surface area contributed by atoms with E-state index in [0.717, 1.165) is 32.4 Å². The van der Waals surface area contributed by atoms with Gasteiger partial charge in [-0.3, -0.25) is 9.69 Å². The van der Waals surface area contributed by atoms with E-state index < -0.39 is 5.60 Å². The zero-order chi connectivity index (χ0) is 13.8. The quantitative estimate of drug-likeness (QED) is 0.799. The minimum Gasteiger partial charge on any atom is -0.390 e. The number of likely N-dealkylation sites (tertiary alicyclic amines) is 1. The second-order valence-corrected chi connectivity index (χ2v) is 6.23. The van der Waals surface area contributed by atoms with Crippen LogP contribution in [0, 0.1) is 5.92 Å². The zero-order valence-electron chi connectivity index (χ0n) is 12.2. The fourth-order valence-corrected chi connectivity index (χ4v) is 2.15. The van der Waals surface area contributed by atoms with Crippen LogP contribution in [0.4, 0.5) is 0 Å². The molecule has 1 amide bonds. The van der Waals surface area contributed by atoms with Crippen LogP contribution in [0.25, 0.3) is 0 Å². The molecule has 0 aromatic carbocycles. The van der Waals surface area contributed by atoms with E-state index in [9.17, 15) is 9.90 Å². The zero-order valence-corrected chi connectivity index (χ0v) is 12.2. The summed E-state index contributed by atoms with van der Waals surface area (Å²) in [5, 5.41) is 13.0. The van der Waals surface area contributed by atoms with Gasteiger partial charge in [-0.15, -0.1) is 0 Å². The summed E-state index contributed by atoms with van der Waals surface area (Å²) in [5.74, 6) is 0.552. The highest BCUT2D eigenvalue weighted by atomic mass is 16.3. The summed E-state index contributed by atoms with van der Waals surface area (Å²) in [5.41, 5.74) is -0.559. The lowest BCUT2D eigenvalue weighted by atomic mass is 9.98. The van der Waals surface area contributed by atoms with Gasteiger partial charge in [0.2, 0.25) is 5.91 Å². The first kappa shape index (κ1) is 15.4. The van der Waals surface area contributed by atoms with Gasteiger partial charge in [-0.25, -0.2) is 0 Å². The second kappa shape index (κ2) is 6.53. The van der Waals surface area contributed by atoms with Crippen molar-refractivity contribution in [1.82, 2.24) is 10.2 Å². The first-order valence-corrected chi connectivity index (χ1v) is 7.04. The van der Waals surface area contributed by atoms with E-state index in [1.165, 1.54) is 0 Å². The molecule has 4 nitrogen and oxygen atoms in total. The number of amides is 1. The van der Waals surface area contributed by atoms with Crippen LogP contribution in [0.5, 0.6) is 0 Å². The summed E-state index contributed by atoms with van der Waals surface area (Å²) in [7, 11) is 0. The van der Waals surface area contributed by atoms with Crippen molar-refractivity contribution < 1.29 is 9.90 Å². The van der Waals surface area contributed by atoms with Crippen LogP contribution in [-0.4, -0.2) is 47.2 Å². The molecule has 0 bridgehead atoms. The molecule has 2 unspecified atom stereocenters. The molecule has 1 aliphatic rings. The maximum atomic E-state index is 11.9. The molecule has 0 aliphatic carbocycles. The van der Waals surface area contributed by atoms with Crippen molar-refractivity contribution in [2.75, 3.05) is 19.6 Å². The van der Waals surface area contributed by atoms with Gasteiger partial charge < -0.3 is 10.4 Å². The Morgan fingerprint density at radius 3 is 2.61 bits per heavy atom. The number of nitrogens with zero attached hydrogens (tertiary/aromatic N) is 1. The van der Waals surface area contributed by atoms with E-state index in [-0.39, 0.29) is 11.9 Å². The van der Waals surface area contributed by atoms with Crippen molar-refractivity contribution in [2.24, 2.45) is 5.92 Å². The van der Waals surface area contributed by atoms with Crippen molar-refractivity contribution in [1.29, 1.82) is 0 Å². The number of hydrogen-bond donors (Lipinski definition) is 2. The molecule has 1 aliphatic heterocycles. The second-order valence-electron chi connectivity index (χ2n) is 6.23. The van der Waals surface area contributed by atoms with Crippen molar-refractivity contribution in [3.8, 4) is 0 Å². The molecule has 2 atom stereocenters. The van der Waals surface area contributed by atoms with Gasteiger partial charge in [-0.05, 0) is 45.6 Å². The molecule has 106 valence electrons. The van der Waals surface area contributed by atoms with Crippen LogP contribution < -0.4 is 5.32 Å². The third-order valence-electron chi connectivity index (χ3n) is 3.91. The van der Waals surface area contributed by atoms with E-state index in [1.807, 2.05) is 13.8 Å². The van der Waals surface area contributed by atoms with Crippen molar-refractivity contribution in [2.45, 2.75) is 58.6 Å². The lowest BCUT2D eigenvalue weighted by Gasteiger charge is -2.23. The van der Waals surface area contributed by atoms with E-state index in [4.69, 9.17) is 0 Å². The molecule has 0 radical (unpaired) electrons. The fourth-order valence-electron chi connectivity index (χ4n) is 2.15. The number of carbonyl (C=O) groups is 1. The van der Waals surface area contributed by atoms with E-state index in [0.29, 0.717) is 12.5 Å². The molecule has 4 heteroatoms. The molecular formula is C14H28N2O2. The molecule has 1 rings (SSSR count). The molecule has 1 fully saturated rings. The van der Waals surface area contributed by atoms with Crippen molar-refractivity contribution in [3.05, 3.63) is 0 Å². The van der Waals surface area contributed by atoms with Gasteiger partial charge in [0.15, 0.2) is 0 Å². The molecule has 0 aromatic rings. The number of hydrogen-bond acceptors (Lipinski definition) is 3. The number of carbonyl (C=O) groups excluding carboxylic acids is 1. The Balaban J connectivity index is 2.36. The highest BCUT2D eigenvalue weighted by Crippen LogP contribution is 2.21. The summed E-state index contributed by atoms with van der Waals surface area (Å²) in [6, 6.07) is 0.215. The maximum absolute atomic E-state index is 11.9. The smallest absolute Gasteiger partial charge is 0.234 e. The Morgan fingerprint density at radius 2 is 2.00 bits per heavy atom. The van der Waals surface area contributed by atoms with Crippen LogP contribution in [0.2, 0.25) is 0 Å². The Bertz CT molecular complexity index is 277. The molecular weight excluding hydrogens is 228 g/mol. The first-order valence-electron chi connectivity index (χ1n) is 7.04. The Kier molecular flexibility index (Phi) is 5.60. The third-order valence-corrected chi connectivity index (χ3v) is 3.91. The SMILES string of the molecule is CC(C)C(C)NC(=O)CN1CCCC(C)(O)CC1. The molecule has 0 aromatic heterocycles. The third kappa shape index (κ3) is 5.36. The van der Waals surface area contributed by atoms with E-state index in [1.54, 1.807) is 0 Å². The molecule has 2 N–H and O–H groups in total. The largest absolute Gasteiger partial charge is 0.390 e. The van der Waals surface area contributed by atoms with Gasteiger partial charge in [0.05, 0.1) is 12.1 Å². The minimum atomic E-state index is -0.559. The summed E-state index contributed by atoms with van der Waals surface area (Å²) in [6.45, 7) is 10.3. The van der Waals surface area contributed by atoms with Crippen LogP contribution >= 0.6 is 0 Å². The lowest BCUT2D eigenvalue weighted by molar-refractivity contribution is -0.123. The van der Waals surface area contributed by atoms with Crippen LogP contribution in [0.1, 0.15) is 47.0 Å². The van der Waals surface area contributed by atoms with E-state index >= 15 is 0 Å². The van der Waals surface area contributed by atoms with Gasteiger partial charge in [-0.2, -0.15) is 0 Å². The summed E-state index contributed by atoms with van der Waals surface area (Å²) >= 11 is 0.